The number of hydrogen-bond acceptors (Lipinski definition) is 8. The van der Waals surface area contributed by atoms with Gasteiger partial charge in [-0.2, -0.15) is 10.2 Å². The summed E-state index contributed by atoms with van der Waals surface area (Å²) in [6.07, 6.45) is 0. The molecule has 0 aliphatic heterocycles. The van der Waals surface area contributed by atoms with Crippen molar-refractivity contribution in [3.8, 4) is 23.0 Å². The number of hydrogen-bond donors (Lipinski definition) is 1. The molecule has 1 N–H and O–H groups in total. The second-order valence-corrected chi connectivity index (χ2v) is 7.31. The van der Waals surface area contributed by atoms with Crippen molar-refractivity contribution in [1.29, 1.82) is 0 Å². The van der Waals surface area contributed by atoms with Crippen LogP contribution in [0, 0.1) is 0 Å². The summed E-state index contributed by atoms with van der Waals surface area (Å²) in [6, 6.07) is 4.63. The Bertz CT molecular complexity index is 1020. The molecular formula is C22H25Cl2N3O6. The van der Waals surface area contributed by atoms with Crippen LogP contribution in [0.5, 0.6) is 23.0 Å². The number of halogens is 2. The first-order chi connectivity index (χ1) is 15.7. The second-order valence-electron chi connectivity index (χ2n) is 6.53. The van der Waals surface area contributed by atoms with Crippen LogP contribution in [0.3, 0.4) is 0 Å². The highest BCUT2D eigenvalue weighted by molar-refractivity contribution is 6.33. The highest BCUT2D eigenvalue weighted by Gasteiger charge is 2.24. The van der Waals surface area contributed by atoms with Crippen molar-refractivity contribution in [3.63, 3.8) is 0 Å². The molecule has 0 heterocycles. The van der Waals surface area contributed by atoms with Gasteiger partial charge in [-0.15, -0.1) is 0 Å². The zero-order chi connectivity index (χ0) is 24.5. The molecular weight excluding hydrogens is 473 g/mol. The van der Waals surface area contributed by atoms with Gasteiger partial charge in [0.25, 0.3) is 5.91 Å². The van der Waals surface area contributed by atoms with Gasteiger partial charge in [-0.3, -0.25) is 9.59 Å². The fourth-order valence-electron chi connectivity index (χ4n) is 2.74. The molecule has 11 heteroatoms. The standard InChI is InChI=1S/C22H25Cl2N3O6/c1-6-32-18-8-13(9-19(20(18)24)33-7-2)25-22(29)21(12(3)28)27-26-15-10-14(23)16(30-4)11-17(15)31-5/h8-11,21H,6-7H2,1-5H3,(H,25,29). The minimum Gasteiger partial charge on any atom is -0.495 e. The SMILES string of the molecule is CCOc1cc(NC(=O)C(N=Nc2cc(Cl)c(OC)cc2OC)C(C)=O)cc(OCC)c1Cl. The number of amides is 1. The lowest BCUT2D eigenvalue weighted by atomic mass is 10.2. The number of nitrogens with one attached hydrogen (secondary N) is 1. The normalized spacial score (nSPS) is 11.7. The van der Waals surface area contributed by atoms with Gasteiger partial charge in [0.15, 0.2) is 5.78 Å². The number of ketones is 1. The van der Waals surface area contributed by atoms with Crippen molar-refractivity contribution in [1.82, 2.24) is 0 Å². The van der Waals surface area contributed by atoms with Crippen molar-refractivity contribution in [2.24, 2.45) is 10.2 Å². The lowest BCUT2D eigenvalue weighted by Gasteiger charge is -2.15. The molecule has 33 heavy (non-hydrogen) atoms. The molecule has 2 rings (SSSR count). The number of anilines is 1. The fourth-order valence-corrected chi connectivity index (χ4v) is 3.19. The van der Waals surface area contributed by atoms with E-state index in [-0.39, 0.29) is 15.7 Å². The number of carbonyl (C=O) groups is 2. The monoisotopic (exact) mass is 497 g/mol. The number of benzene rings is 2. The van der Waals surface area contributed by atoms with E-state index in [1.807, 2.05) is 0 Å². The van der Waals surface area contributed by atoms with Gasteiger partial charge < -0.3 is 24.3 Å². The van der Waals surface area contributed by atoms with E-state index in [2.05, 4.69) is 15.5 Å². The highest BCUT2D eigenvalue weighted by Crippen LogP contribution is 2.39. The van der Waals surface area contributed by atoms with Gasteiger partial charge in [0.2, 0.25) is 6.04 Å². The number of rotatable bonds is 11. The third-order valence-corrected chi connectivity index (χ3v) is 4.91. The van der Waals surface area contributed by atoms with Crippen molar-refractivity contribution in [2.75, 3.05) is 32.8 Å². The topological polar surface area (TPSA) is 108 Å². The average molecular weight is 498 g/mol. The van der Waals surface area contributed by atoms with Crippen molar-refractivity contribution >= 4 is 46.3 Å². The predicted octanol–water partition coefficient (Wildman–Crippen LogP) is 5.49. The van der Waals surface area contributed by atoms with Crippen LogP contribution in [0.4, 0.5) is 11.4 Å². The van der Waals surface area contributed by atoms with E-state index in [9.17, 15) is 9.59 Å². The first-order valence-corrected chi connectivity index (χ1v) is 10.7. The van der Waals surface area contributed by atoms with E-state index in [1.165, 1.54) is 45.4 Å². The van der Waals surface area contributed by atoms with Crippen LogP contribution in [-0.2, 0) is 9.59 Å². The van der Waals surface area contributed by atoms with Crippen LogP contribution in [-0.4, -0.2) is 45.2 Å². The maximum Gasteiger partial charge on any atom is 0.258 e. The van der Waals surface area contributed by atoms with Gasteiger partial charge in [0.05, 0.1) is 32.5 Å². The minimum absolute atomic E-state index is 0.228. The molecule has 1 unspecified atom stereocenters. The van der Waals surface area contributed by atoms with Crippen LogP contribution in [0.15, 0.2) is 34.5 Å². The Morgan fingerprint density at radius 2 is 1.52 bits per heavy atom. The van der Waals surface area contributed by atoms with E-state index in [0.717, 1.165) is 0 Å². The summed E-state index contributed by atoms with van der Waals surface area (Å²) < 4.78 is 21.4. The minimum atomic E-state index is -1.42. The summed E-state index contributed by atoms with van der Waals surface area (Å²) >= 11 is 12.4. The Balaban J connectivity index is 2.33. The van der Waals surface area contributed by atoms with Crippen LogP contribution in [0.25, 0.3) is 0 Å². The zero-order valence-corrected chi connectivity index (χ0v) is 20.4. The molecule has 1 atom stereocenters. The number of ether oxygens (including phenoxy) is 4. The number of Topliss-reactive ketones (excluding diaryl/α,β-unsaturated/α-hetero) is 1. The summed E-state index contributed by atoms with van der Waals surface area (Å²) in [4.78, 5) is 25.0. The third-order valence-electron chi connectivity index (χ3n) is 4.24. The first kappa shape index (κ1) is 26.2. The molecule has 178 valence electrons. The number of methoxy groups -OCH3 is 2. The maximum absolute atomic E-state index is 12.8. The van der Waals surface area contributed by atoms with E-state index in [0.29, 0.717) is 41.9 Å². The van der Waals surface area contributed by atoms with Gasteiger partial charge in [0.1, 0.15) is 33.7 Å². The van der Waals surface area contributed by atoms with Crippen molar-refractivity contribution in [2.45, 2.75) is 26.8 Å². The number of nitrogens with zero attached hydrogens (tertiary/aromatic N) is 2. The van der Waals surface area contributed by atoms with E-state index < -0.39 is 17.7 Å². The van der Waals surface area contributed by atoms with E-state index in [1.54, 1.807) is 13.8 Å². The summed E-state index contributed by atoms with van der Waals surface area (Å²) in [5.74, 6) is 0.142. The molecule has 9 nitrogen and oxygen atoms in total. The van der Waals surface area contributed by atoms with Crippen molar-refractivity contribution in [3.05, 3.63) is 34.3 Å². The molecule has 0 fully saturated rings. The molecule has 0 bridgehead atoms. The van der Waals surface area contributed by atoms with E-state index in [4.69, 9.17) is 42.1 Å². The Morgan fingerprint density at radius 3 is 2.00 bits per heavy atom. The Labute approximate surface area is 202 Å². The summed E-state index contributed by atoms with van der Waals surface area (Å²) in [7, 11) is 2.89. The van der Waals surface area contributed by atoms with Gasteiger partial charge in [0, 0.05) is 23.9 Å². The lowest BCUT2D eigenvalue weighted by molar-refractivity contribution is -0.126. The molecule has 0 aliphatic rings. The lowest BCUT2D eigenvalue weighted by Crippen LogP contribution is -2.31. The number of azo groups is 1. The van der Waals surface area contributed by atoms with Gasteiger partial charge in [-0.1, -0.05) is 23.2 Å². The molecule has 2 aromatic rings. The fraction of sp³-hybridized carbons (Fsp3) is 0.364. The van der Waals surface area contributed by atoms with Gasteiger partial charge in [-0.25, -0.2) is 0 Å². The first-order valence-electron chi connectivity index (χ1n) is 9.98. The molecule has 0 radical (unpaired) electrons. The van der Waals surface area contributed by atoms with Crippen LogP contribution >= 0.6 is 23.2 Å². The quantitative estimate of drug-likeness (QED) is 0.324. The van der Waals surface area contributed by atoms with Crippen molar-refractivity contribution < 1.29 is 28.5 Å². The van der Waals surface area contributed by atoms with Gasteiger partial charge in [-0.05, 0) is 26.8 Å². The molecule has 0 saturated heterocycles. The molecule has 1 amide bonds. The molecule has 0 saturated carbocycles. The number of carbonyl (C=O) groups excluding carboxylic acids is 2. The summed E-state index contributed by atoms with van der Waals surface area (Å²) in [5, 5.41) is 11.1. The molecule has 2 aromatic carbocycles. The maximum atomic E-state index is 12.8. The Hall–Kier alpha value is -3.04. The third kappa shape index (κ3) is 6.72. The summed E-state index contributed by atoms with van der Waals surface area (Å²) in [5.41, 5.74) is 0.550. The van der Waals surface area contributed by atoms with Crippen LogP contribution in [0.2, 0.25) is 10.0 Å². The predicted molar refractivity (Wildman–Crippen MR) is 126 cm³/mol. The van der Waals surface area contributed by atoms with Crippen LogP contribution in [0.1, 0.15) is 20.8 Å². The largest absolute Gasteiger partial charge is 0.495 e. The molecule has 0 aromatic heterocycles. The van der Waals surface area contributed by atoms with Crippen LogP contribution < -0.4 is 24.3 Å². The summed E-state index contributed by atoms with van der Waals surface area (Å²) in [6.45, 7) is 5.56. The second kappa shape index (κ2) is 12.3. The zero-order valence-electron chi connectivity index (χ0n) is 18.9. The highest BCUT2D eigenvalue weighted by atomic mass is 35.5. The van der Waals surface area contributed by atoms with Gasteiger partial charge >= 0.3 is 0 Å². The average Bonchev–Trinajstić information content (AvgIpc) is 2.77. The Morgan fingerprint density at radius 1 is 0.939 bits per heavy atom. The molecule has 0 spiro atoms. The smallest absolute Gasteiger partial charge is 0.258 e. The van der Waals surface area contributed by atoms with E-state index >= 15 is 0 Å². The Kier molecular flexibility index (Phi) is 9.74. The molecule has 0 aliphatic carbocycles.